The number of benzene rings is 1. The smallest absolute Gasteiger partial charge is 0.272 e. The Morgan fingerprint density at radius 2 is 1.74 bits per heavy atom. The van der Waals surface area contributed by atoms with Gasteiger partial charge in [0.25, 0.3) is 5.91 Å². The highest BCUT2D eigenvalue weighted by atomic mass is 16.2. The van der Waals surface area contributed by atoms with Crippen LogP contribution in [0.5, 0.6) is 0 Å². The molecule has 7 nitrogen and oxygen atoms in total. The predicted molar refractivity (Wildman–Crippen MR) is 123 cm³/mol. The summed E-state index contributed by atoms with van der Waals surface area (Å²) >= 11 is 0. The van der Waals surface area contributed by atoms with Gasteiger partial charge in [-0.2, -0.15) is 9.61 Å². The van der Waals surface area contributed by atoms with E-state index in [1.54, 1.807) is 0 Å². The molecule has 1 amide bonds. The van der Waals surface area contributed by atoms with Crippen LogP contribution in [0.4, 0.5) is 11.5 Å². The second-order valence-corrected chi connectivity index (χ2v) is 8.81. The van der Waals surface area contributed by atoms with Crippen molar-refractivity contribution in [2.75, 3.05) is 30.3 Å². The van der Waals surface area contributed by atoms with Crippen LogP contribution in [-0.4, -0.2) is 51.1 Å². The number of carbonyl (C=O) groups excluding carboxylic acids is 1. The highest BCUT2D eigenvalue weighted by molar-refractivity contribution is 5.94. The SMILES string of the molecule is CC1CCCCCN1C(=O)c1cc(N2CCCC2)n2nc(-c3ccc(N)cc3)cc2n1. The number of nitrogen functional groups attached to an aromatic ring is 1. The molecule has 1 aromatic carbocycles. The number of likely N-dealkylation sites (tertiary alicyclic amines) is 1. The Morgan fingerprint density at radius 1 is 1.00 bits per heavy atom. The number of fused-ring (bicyclic) bond motifs is 1. The molecule has 1 unspecified atom stereocenters. The fourth-order valence-electron chi connectivity index (χ4n) is 4.76. The molecule has 2 N–H and O–H groups in total. The number of nitrogens with zero attached hydrogens (tertiary/aromatic N) is 5. The second-order valence-electron chi connectivity index (χ2n) is 8.81. The molecule has 5 rings (SSSR count). The molecule has 0 saturated carbocycles. The lowest BCUT2D eigenvalue weighted by molar-refractivity contribution is 0.0692. The molecule has 31 heavy (non-hydrogen) atoms. The molecule has 2 fully saturated rings. The lowest BCUT2D eigenvalue weighted by Gasteiger charge is -2.27. The van der Waals surface area contributed by atoms with E-state index >= 15 is 0 Å². The average molecular weight is 419 g/mol. The highest BCUT2D eigenvalue weighted by Crippen LogP contribution is 2.27. The standard InChI is InChI=1S/C24H30N6O/c1-17-7-3-2-4-14-29(17)24(31)21-16-23(28-12-5-6-13-28)30-22(26-21)15-20(27-30)18-8-10-19(25)11-9-18/h8-11,15-17H,2-7,12-14,25H2,1H3. The summed E-state index contributed by atoms with van der Waals surface area (Å²) in [6, 6.07) is 11.9. The van der Waals surface area contributed by atoms with Crippen molar-refractivity contribution >= 4 is 23.1 Å². The maximum absolute atomic E-state index is 13.5. The first-order chi connectivity index (χ1) is 15.1. The number of aromatic nitrogens is 3. The van der Waals surface area contributed by atoms with Crippen LogP contribution >= 0.6 is 0 Å². The summed E-state index contributed by atoms with van der Waals surface area (Å²) in [5, 5.41) is 4.85. The molecule has 162 valence electrons. The topological polar surface area (TPSA) is 79.8 Å². The summed E-state index contributed by atoms with van der Waals surface area (Å²) in [5.41, 5.74) is 9.62. The van der Waals surface area contributed by atoms with Crippen LogP contribution in [0.25, 0.3) is 16.9 Å². The molecule has 0 radical (unpaired) electrons. The Bertz CT molecular complexity index is 1080. The monoisotopic (exact) mass is 418 g/mol. The van der Waals surface area contributed by atoms with Gasteiger partial charge in [0.15, 0.2) is 5.65 Å². The van der Waals surface area contributed by atoms with Gasteiger partial charge in [-0.05, 0) is 44.7 Å². The van der Waals surface area contributed by atoms with Gasteiger partial charge >= 0.3 is 0 Å². The summed E-state index contributed by atoms with van der Waals surface area (Å²) in [5.74, 6) is 0.989. The predicted octanol–water partition coefficient (Wildman–Crippen LogP) is 3.98. The number of hydrogen-bond donors (Lipinski definition) is 1. The van der Waals surface area contributed by atoms with Gasteiger partial charge in [-0.3, -0.25) is 4.79 Å². The summed E-state index contributed by atoms with van der Waals surface area (Å²) in [7, 11) is 0. The van der Waals surface area contributed by atoms with E-state index in [2.05, 4.69) is 11.8 Å². The number of hydrogen-bond acceptors (Lipinski definition) is 5. The average Bonchev–Trinajstić information content (AvgIpc) is 3.41. The lowest BCUT2D eigenvalue weighted by Crippen LogP contribution is -2.39. The molecule has 0 bridgehead atoms. The molecule has 7 heteroatoms. The fourth-order valence-corrected chi connectivity index (χ4v) is 4.76. The van der Waals surface area contributed by atoms with Crippen LogP contribution in [0.15, 0.2) is 36.4 Å². The second kappa shape index (κ2) is 8.21. The van der Waals surface area contributed by atoms with Crippen molar-refractivity contribution in [1.82, 2.24) is 19.5 Å². The molecule has 1 atom stereocenters. The first-order valence-corrected chi connectivity index (χ1v) is 11.4. The van der Waals surface area contributed by atoms with Crippen molar-refractivity contribution in [3.8, 4) is 11.3 Å². The minimum Gasteiger partial charge on any atom is -0.399 e. The summed E-state index contributed by atoms with van der Waals surface area (Å²) in [6.45, 7) is 4.91. The van der Waals surface area contributed by atoms with Gasteiger partial charge in [-0.1, -0.05) is 25.0 Å². The minimum atomic E-state index is 0.0348. The molecule has 2 aliphatic rings. The van der Waals surface area contributed by atoms with Crippen molar-refractivity contribution in [2.45, 2.75) is 51.5 Å². The van der Waals surface area contributed by atoms with E-state index in [1.165, 1.54) is 12.8 Å². The molecular weight excluding hydrogens is 388 g/mol. The van der Waals surface area contributed by atoms with E-state index in [0.717, 1.165) is 68.1 Å². The van der Waals surface area contributed by atoms with Crippen LogP contribution in [0.3, 0.4) is 0 Å². The maximum atomic E-state index is 13.5. The van der Waals surface area contributed by atoms with Crippen LogP contribution in [0.1, 0.15) is 55.9 Å². The fraction of sp³-hybridized carbons (Fsp3) is 0.458. The van der Waals surface area contributed by atoms with Gasteiger partial charge < -0.3 is 15.5 Å². The molecule has 2 aliphatic heterocycles. The quantitative estimate of drug-likeness (QED) is 0.651. The van der Waals surface area contributed by atoms with Crippen LogP contribution < -0.4 is 10.6 Å². The van der Waals surface area contributed by atoms with Crippen molar-refractivity contribution in [1.29, 1.82) is 0 Å². The number of nitrogens with two attached hydrogens (primary N) is 1. The maximum Gasteiger partial charge on any atom is 0.272 e. The summed E-state index contributed by atoms with van der Waals surface area (Å²) < 4.78 is 1.89. The number of anilines is 2. The zero-order valence-electron chi connectivity index (χ0n) is 18.1. The van der Waals surface area contributed by atoms with E-state index in [0.29, 0.717) is 11.3 Å². The lowest BCUT2D eigenvalue weighted by atomic mass is 10.1. The van der Waals surface area contributed by atoms with Gasteiger partial charge in [0.1, 0.15) is 11.5 Å². The minimum absolute atomic E-state index is 0.0348. The summed E-state index contributed by atoms with van der Waals surface area (Å²) in [6.07, 6.45) is 6.80. The molecule has 0 aliphatic carbocycles. The van der Waals surface area contributed by atoms with Gasteiger partial charge in [0.2, 0.25) is 0 Å². The van der Waals surface area contributed by atoms with Gasteiger partial charge in [-0.15, -0.1) is 0 Å². The third-order valence-electron chi connectivity index (χ3n) is 6.58. The van der Waals surface area contributed by atoms with E-state index in [1.807, 2.05) is 45.8 Å². The first kappa shape index (κ1) is 19.8. The normalized spacial score (nSPS) is 19.7. The molecule has 2 aromatic heterocycles. The molecule has 3 aromatic rings. The van der Waals surface area contributed by atoms with Crippen LogP contribution in [0.2, 0.25) is 0 Å². The Labute approximate surface area is 182 Å². The van der Waals surface area contributed by atoms with Gasteiger partial charge in [-0.25, -0.2) is 4.98 Å². The zero-order valence-corrected chi connectivity index (χ0v) is 18.1. The van der Waals surface area contributed by atoms with E-state index in [4.69, 9.17) is 15.8 Å². The molecular formula is C24H30N6O. The van der Waals surface area contributed by atoms with Crippen molar-refractivity contribution < 1.29 is 4.79 Å². The van der Waals surface area contributed by atoms with Crippen LogP contribution in [-0.2, 0) is 0 Å². The Morgan fingerprint density at radius 3 is 2.52 bits per heavy atom. The number of amides is 1. The zero-order chi connectivity index (χ0) is 21.4. The van der Waals surface area contributed by atoms with Gasteiger partial charge in [0, 0.05) is 49.1 Å². The van der Waals surface area contributed by atoms with Crippen molar-refractivity contribution in [3.63, 3.8) is 0 Å². The third-order valence-corrected chi connectivity index (χ3v) is 6.58. The highest BCUT2D eigenvalue weighted by Gasteiger charge is 2.27. The van der Waals surface area contributed by atoms with E-state index in [-0.39, 0.29) is 11.9 Å². The van der Waals surface area contributed by atoms with E-state index in [9.17, 15) is 4.79 Å². The van der Waals surface area contributed by atoms with Crippen molar-refractivity contribution in [2.24, 2.45) is 0 Å². The first-order valence-electron chi connectivity index (χ1n) is 11.4. The number of carbonyl (C=O) groups is 1. The van der Waals surface area contributed by atoms with Gasteiger partial charge in [0.05, 0.1) is 5.69 Å². The Kier molecular flexibility index (Phi) is 5.26. The van der Waals surface area contributed by atoms with E-state index < -0.39 is 0 Å². The molecule has 4 heterocycles. The van der Waals surface area contributed by atoms with Crippen molar-refractivity contribution in [3.05, 3.63) is 42.1 Å². The molecule has 0 spiro atoms. The Hall–Kier alpha value is -3.09. The largest absolute Gasteiger partial charge is 0.399 e. The summed E-state index contributed by atoms with van der Waals surface area (Å²) in [4.78, 5) is 22.6. The Balaban J connectivity index is 1.58. The third kappa shape index (κ3) is 3.84. The number of rotatable bonds is 3. The molecule has 2 saturated heterocycles. The van der Waals surface area contributed by atoms with Crippen LogP contribution in [0, 0.1) is 0 Å².